The van der Waals surface area contributed by atoms with Gasteiger partial charge in [-0.15, -0.1) is 0 Å². The lowest BCUT2D eigenvalue weighted by molar-refractivity contribution is 0.628. The molecule has 0 aliphatic rings. The highest BCUT2D eigenvalue weighted by atomic mass is 79.9. The molecule has 0 unspecified atom stereocenters. The molecule has 2 aromatic carbocycles. The number of hydrogen-bond acceptors (Lipinski definition) is 2. The van der Waals surface area contributed by atoms with E-state index in [4.69, 9.17) is 17.3 Å². The Labute approximate surface area is 116 Å². The minimum Gasteiger partial charge on any atom is -0.398 e. The summed E-state index contributed by atoms with van der Waals surface area (Å²) in [6, 6.07) is 10.5. The Hall–Kier alpha value is -0.710. The molecule has 2 rings (SSSR count). The zero-order valence-electron chi connectivity index (χ0n) is 8.58. The van der Waals surface area contributed by atoms with E-state index >= 15 is 0 Å². The molecule has 0 aliphatic heterocycles. The third-order valence-electron chi connectivity index (χ3n) is 2.08. The Balaban J connectivity index is 2.33. The van der Waals surface area contributed by atoms with Crippen molar-refractivity contribution < 1.29 is 4.39 Å². The number of rotatable bonds is 2. The third-order valence-corrected chi connectivity index (χ3v) is 3.92. The number of hydrogen-bond donors (Lipinski definition) is 1. The standard InChI is InChI=1S/C12H8BrClFNS/c13-7-2-1-3-8(4-7)17-12-5-9(14)10(15)6-11(12)16/h1-6H,16H2. The van der Waals surface area contributed by atoms with E-state index < -0.39 is 5.82 Å². The number of nitrogens with two attached hydrogens (primary N) is 1. The monoisotopic (exact) mass is 331 g/mol. The second kappa shape index (κ2) is 5.29. The summed E-state index contributed by atoms with van der Waals surface area (Å²) in [5, 5.41) is 0.0803. The molecule has 1 nitrogen and oxygen atoms in total. The maximum Gasteiger partial charge on any atom is 0.143 e. The fourth-order valence-electron chi connectivity index (χ4n) is 1.29. The van der Waals surface area contributed by atoms with Gasteiger partial charge in [-0.25, -0.2) is 4.39 Å². The first-order valence-corrected chi connectivity index (χ1v) is 6.73. The molecule has 2 N–H and O–H groups in total. The van der Waals surface area contributed by atoms with Crippen LogP contribution in [0.5, 0.6) is 0 Å². The zero-order valence-corrected chi connectivity index (χ0v) is 11.7. The topological polar surface area (TPSA) is 26.0 Å². The lowest BCUT2D eigenvalue weighted by Crippen LogP contribution is -1.90. The second-order valence-corrected chi connectivity index (χ2v) is 5.80. The Kier molecular flexibility index (Phi) is 3.97. The van der Waals surface area contributed by atoms with Crippen LogP contribution in [0.25, 0.3) is 0 Å². The molecule has 5 heteroatoms. The second-order valence-electron chi connectivity index (χ2n) is 3.36. The van der Waals surface area contributed by atoms with Crippen LogP contribution in [0.2, 0.25) is 5.02 Å². The molecule has 0 fully saturated rings. The van der Waals surface area contributed by atoms with Crippen molar-refractivity contribution in [3.8, 4) is 0 Å². The van der Waals surface area contributed by atoms with Crippen LogP contribution >= 0.6 is 39.3 Å². The predicted octanol–water partition coefficient (Wildman–Crippen LogP) is 4.98. The maximum atomic E-state index is 13.1. The van der Waals surface area contributed by atoms with Crippen LogP contribution in [0.1, 0.15) is 0 Å². The molecule has 0 atom stereocenters. The molecule has 0 aliphatic carbocycles. The molecule has 17 heavy (non-hydrogen) atoms. The Bertz CT molecular complexity index is 562. The van der Waals surface area contributed by atoms with Crippen LogP contribution in [-0.4, -0.2) is 0 Å². The van der Waals surface area contributed by atoms with Crippen LogP contribution in [0.15, 0.2) is 50.7 Å². The van der Waals surface area contributed by atoms with E-state index in [0.29, 0.717) is 5.69 Å². The van der Waals surface area contributed by atoms with Gasteiger partial charge >= 0.3 is 0 Å². The highest BCUT2D eigenvalue weighted by Gasteiger charge is 2.07. The summed E-state index contributed by atoms with van der Waals surface area (Å²) in [6.07, 6.45) is 0. The molecule has 0 spiro atoms. The zero-order chi connectivity index (χ0) is 12.4. The fraction of sp³-hybridized carbons (Fsp3) is 0. The summed E-state index contributed by atoms with van der Waals surface area (Å²) >= 11 is 10.6. The average molecular weight is 333 g/mol. The van der Waals surface area contributed by atoms with Gasteiger partial charge in [0.25, 0.3) is 0 Å². The van der Waals surface area contributed by atoms with Gasteiger partial charge in [-0.3, -0.25) is 0 Å². The molecular weight excluding hydrogens is 325 g/mol. The van der Waals surface area contributed by atoms with E-state index in [-0.39, 0.29) is 5.02 Å². The van der Waals surface area contributed by atoms with Crippen LogP contribution in [0, 0.1) is 5.82 Å². The molecule has 0 saturated heterocycles. The first kappa shape index (κ1) is 12.7. The summed E-state index contributed by atoms with van der Waals surface area (Å²) in [5.74, 6) is -0.497. The summed E-state index contributed by atoms with van der Waals surface area (Å²) in [4.78, 5) is 1.75. The van der Waals surface area contributed by atoms with Crippen molar-refractivity contribution >= 4 is 45.0 Å². The highest BCUT2D eigenvalue weighted by Crippen LogP contribution is 2.35. The van der Waals surface area contributed by atoms with Crippen LogP contribution < -0.4 is 5.73 Å². The summed E-state index contributed by atoms with van der Waals surface area (Å²) in [6.45, 7) is 0. The molecule has 0 saturated carbocycles. The Morgan fingerprint density at radius 1 is 1.24 bits per heavy atom. The van der Waals surface area contributed by atoms with Gasteiger partial charge in [0.1, 0.15) is 5.82 Å². The molecule has 2 aromatic rings. The van der Waals surface area contributed by atoms with Gasteiger partial charge in [-0.2, -0.15) is 0 Å². The normalized spacial score (nSPS) is 10.5. The lowest BCUT2D eigenvalue weighted by atomic mass is 10.3. The predicted molar refractivity (Wildman–Crippen MR) is 74.1 cm³/mol. The minimum atomic E-state index is -0.497. The minimum absolute atomic E-state index is 0.0803. The number of anilines is 1. The van der Waals surface area contributed by atoms with Crippen molar-refractivity contribution in [1.29, 1.82) is 0 Å². The Morgan fingerprint density at radius 2 is 2.00 bits per heavy atom. The van der Waals surface area contributed by atoms with Gasteiger partial charge in [-0.05, 0) is 30.3 Å². The molecule has 0 aromatic heterocycles. The number of benzene rings is 2. The lowest BCUT2D eigenvalue weighted by Gasteiger charge is -2.07. The van der Waals surface area contributed by atoms with Crippen LogP contribution in [0.3, 0.4) is 0 Å². The molecule has 0 heterocycles. The maximum absolute atomic E-state index is 13.1. The largest absolute Gasteiger partial charge is 0.398 e. The first-order valence-electron chi connectivity index (χ1n) is 4.74. The molecule has 0 amide bonds. The van der Waals surface area contributed by atoms with E-state index in [9.17, 15) is 4.39 Å². The number of nitrogen functional groups attached to an aromatic ring is 1. The quantitative estimate of drug-likeness (QED) is 0.785. The van der Waals surface area contributed by atoms with Crippen molar-refractivity contribution in [3.05, 3.63) is 51.7 Å². The van der Waals surface area contributed by atoms with Gasteiger partial charge < -0.3 is 5.73 Å². The van der Waals surface area contributed by atoms with E-state index in [1.54, 1.807) is 0 Å². The van der Waals surface area contributed by atoms with Crippen LogP contribution in [-0.2, 0) is 0 Å². The first-order chi connectivity index (χ1) is 8.06. The highest BCUT2D eigenvalue weighted by molar-refractivity contribution is 9.10. The van der Waals surface area contributed by atoms with E-state index in [1.165, 1.54) is 23.9 Å². The summed E-state index contributed by atoms with van der Waals surface area (Å²) < 4.78 is 14.1. The molecule has 88 valence electrons. The van der Waals surface area contributed by atoms with E-state index in [1.807, 2.05) is 24.3 Å². The van der Waals surface area contributed by atoms with Gasteiger partial charge in [0.05, 0.1) is 5.02 Å². The van der Waals surface area contributed by atoms with Crippen molar-refractivity contribution in [2.75, 3.05) is 5.73 Å². The van der Waals surface area contributed by atoms with Crippen molar-refractivity contribution in [2.45, 2.75) is 9.79 Å². The van der Waals surface area contributed by atoms with E-state index in [0.717, 1.165) is 14.3 Å². The fourth-order valence-corrected chi connectivity index (χ4v) is 3.01. The van der Waals surface area contributed by atoms with Crippen LogP contribution in [0.4, 0.5) is 10.1 Å². The summed E-state index contributed by atoms with van der Waals surface area (Å²) in [5.41, 5.74) is 6.13. The summed E-state index contributed by atoms with van der Waals surface area (Å²) in [7, 11) is 0. The van der Waals surface area contributed by atoms with Gasteiger partial charge in [0.15, 0.2) is 0 Å². The van der Waals surface area contributed by atoms with Crippen molar-refractivity contribution in [1.82, 2.24) is 0 Å². The van der Waals surface area contributed by atoms with E-state index in [2.05, 4.69) is 15.9 Å². The third kappa shape index (κ3) is 3.15. The van der Waals surface area contributed by atoms with Crippen molar-refractivity contribution in [3.63, 3.8) is 0 Å². The van der Waals surface area contributed by atoms with Gasteiger partial charge in [0, 0.05) is 20.0 Å². The molecular formula is C12H8BrClFNS. The van der Waals surface area contributed by atoms with Gasteiger partial charge in [0.2, 0.25) is 0 Å². The Morgan fingerprint density at radius 3 is 2.71 bits per heavy atom. The molecule has 0 bridgehead atoms. The number of halogens is 3. The average Bonchev–Trinajstić information content (AvgIpc) is 2.26. The van der Waals surface area contributed by atoms with Crippen molar-refractivity contribution in [2.24, 2.45) is 0 Å². The van der Waals surface area contributed by atoms with Gasteiger partial charge in [-0.1, -0.05) is 45.4 Å². The SMILES string of the molecule is Nc1cc(F)c(Cl)cc1Sc1cccc(Br)c1. The molecule has 0 radical (unpaired) electrons. The smallest absolute Gasteiger partial charge is 0.143 e.